The van der Waals surface area contributed by atoms with Crippen molar-refractivity contribution in [1.29, 1.82) is 0 Å². The summed E-state index contributed by atoms with van der Waals surface area (Å²) in [6.45, 7) is 4.47. The molecule has 1 amide bonds. The lowest BCUT2D eigenvalue weighted by Gasteiger charge is -2.31. The maximum Gasteiger partial charge on any atom is 0.250 e. The number of nitrogens with one attached hydrogen (secondary N) is 3. The van der Waals surface area contributed by atoms with Crippen molar-refractivity contribution in [3.8, 4) is 0 Å². The van der Waals surface area contributed by atoms with Crippen molar-refractivity contribution in [3.05, 3.63) is 71.5 Å². The number of hydrogen-bond acceptors (Lipinski definition) is 5. The van der Waals surface area contributed by atoms with Crippen LogP contribution in [0.3, 0.4) is 0 Å². The summed E-state index contributed by atoms with van der Waals surface area (Å²) in [4.78, 5) is 13.1. The Morgan fingerprint density at radius 1 is 1.11 bits per heavy atom. The number of hydrogen-bond donors (Lipinski definition) is 3. The highest BCUT2D eigenvalue weighted by molar-refractivity contribution is 5.90. The maximum absolute atomic E-state index is 13.1. The minimum Gasteiger partial charge on any atom is -0.368 e. The summed E-state index contributed by atoms with van der Waals surface area (Å²) < 4.78 is 0. The van der Waals surface area contributed by atoms with Crippen LogP contribution < -0.4 is 10.6 Å². The van der Waals surface area contributed by atoms with E-state index >= 15 is 0 Å². The number of aromatic amines is 1. The van der Waals surface area contributed by atoms with E-state index in [2.05, 4.69) is 31.3 Å². The molecule has 0 fully saturated rings. The fourth-order valence-electron chi connectivity index (χ4n) is 2.87. The van der Waals surface area contributed by atoms with Gasteiger partial charge in [0.2, 0.25) is 5.91 Å². The van der Waals surface area contributed by atoms with Gasteiger partial charge in [-0.25, -0.2) is 0 Å². The highest BCUT2D eigenvalue weighted by Crippen LogP contribution is 2.26. The van der Waals surface area contributed by atoms with Gasteiger partial charge in [0.15, 0.2) is 5.82 Å². The minimum absolute atomic E-state index is 0.0811. The van der Waals surface area contributed by atoms with E-state index in [-0.39, 0.29) is 5.91 Å². The number of rotatable bonds is 8. The third-order valence-electron chi connectivity index (χ3n) is 4.50. The number of tetrazole rings is 1. The maximum atomic E-state index is 13.1. The molecular formula is C20H24N6O. The average molecular weight is 364 g/mol. The topological polar surface area (TPSA) is 95.6 Å². The third kappa shape index (κ3) is 4.69. The molecule has 0 aliphatic carbocycles. The van der Waals surface area contributed by atoms with Crippen LogP contribution in [0.15, 0.2) is 54.6 Å². The van der Waals surface area contributed by atoms with Gasteiger partial charge in [-0.1, -0.05) is 53.2 Å². The summed E-state index contributed by atoms with van der Waals surface area (Å²) >= 11 is 0. The van der Waals surface area contributed by atoms with Gasteiger partial charge < -0.3 is 10.6 Å². The number of amides is 1. The largest absolute Gasteiger partial charge is 0.368 e. The van der Waals surface area contributed by atoms with Crippen LogP contribution in [0.1, 0.15) is 30.3 Å². The van der Waals surface area contributed by atoms with Crippen LogP contribution >= 0.6 is 0 Å². The van der Waals surface area contributed by atoms with E-state index < -0.39 is 5.54 Å². The summed E-state index contributed by atoms with van der Waals surface area (Å²) in [6.07, 6.45) is 1.39. The lowest BCUT2D eigenvalue weighted by Crippen LogP contribution is -2.48. The van der Waals surface area contributed by atoms with Crippen molar-refractivity contribution >= 4 is 11.6 Å². The molecule has 2 aromatic carbocycles. The summed E-state index contributed by atoms with van der Waals surface area (Å²) in [5, 5.41) is 20.2. The van der Waals surface area contributed by atoms with E-state index in [4.69, 9.17) is 0 Å². The van der Waals surface area contributed by atoms with Crippen molar-refractivity contribution in [1.82, 2.24) is 25.9 Å². The summed E-state index contributed by atoms with van der Waals surface area (Å²) in [5.74, 6) is 0.565. The van der Waals surface area contributed by atoms with Gasteiger partial charge in [-0.3, -0.25) is 4.79 Å². The Kier molecular flexibility index (Phi) is 5.80. The number of anilines is 1. The first-order valence-electron chi connectivity index (χ1n) is 8.99. The van der Waals surface area contributed by atoms with Crippen molar-refractivity contribution < 1.29 is 4.79 Å². The van der Waals surface area contributed by atoms with Gasteiger partial charge in [0.1, 0.15) is 5.54 Å². The van der Waals surface area contributed by atoms with E-state index in [1.807, 2.05) is 68.4 Å². The summed E-state index contributed by atoms with van der Waals surface area (Å²) in [7, 11) is 0. The molecule has 0 aliphatic heterocycles. The van der Waals surface area contributed by atoms with Gasteiger partial charge in [-0.2, -0.15) is 5.21 Å². The molecule has 140 valence electrons. The summed E-state index contributed by atoms with van der Waals surface area (Å²) in [5.41, 5.74) is 2.09. The fraction of sp³-hybridized carbons (Fsp3) is 0.300. The number of carbonyl (C=O) groups is 1. The lowest BCUT2D eigenvalue weighted by atomic mass is 9.90. The van der Waals surface area contributed by atoms with Crippen LogP contribution in [0.25, 0.3) is 0 Å². The molecule has 3 N–H and O–H groups in total. The Morgan fingerprint density at radius 3 is 2.52 bits per heavy atom. The number of carbonyl (C=O) groups excluding carboxylic acids is 1. The Hall–Kier alpha value is -3.22. The Bertz CT molecular complexity index is 848. The number of nitrogens with zero attached hydrogens (tertiary/aromatic N) is 3. The molecule has 27 heavy (non-hydrogen) atoms. The molecular weight excluding hydrogens is 340 g/mol. The molecule has 0 aliphatic rings. The molecule has 7 nitrogen and oxygen atoms in total. The minimum atomic E-state index is -0.886. The molecule has 0 radical (unpaired) electrons. The monoisotopic (exact) mass is 364 g/mol. The Balaban J connectivity index is 1.70. The van der Waals surface area contributed by atoms with Crippen LogP contribution in [-0.4, -0.2) is 33.1 Å². The second-order valence-corrected chi connectivity index (χ2v) is 6.67. The smallest absolute Gasteiger partial charge is 0.250 e. The first-order chi connectivity index (χ1) is 13.1. The van der Waals surface area contributed by atoms with Crippen LogP contribution in [0.2, 0.25) is 0 Å². The Morgan fingerprint density at radius 2 is 1.85 bits per heavy atom. The second kappa shape index (κ2) is 8.44. The molecule has 3 rings (SSSR count). The van der Waals surface area contributed by atoms with Gasteiger partial charge >= 0.3 is 0 Å². The van der Waals surface area contributed by atoms with Crippen LogP contribution in [0.4, 0.5) is 5.69 Å². The van der Waals surface area contributed by atoms with Crippen LogP contribution in [-0.2, 0) is 16.8 Å². The molecule has 1 heterocycles. The molecule has 7 heteroatoms. The van der Waals surface area contributed by atoms with Gasteiger partial charge in [0.25, 0.3) is 0 Å². The van der Waals surface area contributed by atoms with Crippen LogP contribution in [0.5, 0.6) is 0 Å². The van der Waals surface area contributed by atoms with Gasteiger partial charge in [0.05, 0.1) is 0 Å². The summed E-state index contributed by atoms with van der Waals surface area (Å²) in [6, 6.07) is 17.8. The van der Waals surface area contributed by atoms with E-state index in [1.54, 1.807) is 0 Å². The van der Waals surface area contributed by atoms with E-state index in [9.17, 15) is 4.79 Å². The lowest BCUT2D eigenvalue weighted by molar-refractivity contribution is -0.125. The standard InChI is InChI=1S/C20H24N6O/c1-15-10-12-17(13-11-15)22-20(2,16-7-4-3-5-8-16)19(27)21-14-6-9-18-23-25-26-24-18/h3-5,7-8,10-13,22H,6,9,14H2,1-2H3,(H,21,27)(H,23,24,25,26). The SMILES string of the molecule is Cc1ccc(NC(C)(C(=O)NCCCc2nn[nH]n2)c2ccccc2)cc1. The van der Waals surface area contributed by atoms with Gasteiger partial charge in [0, 0.05) is 18.7 Å². The van der Waals surface area contributed by atoms with Gasteiger partial charge in [-0.05, 0) is 38.0 Å². The molecule has 0 saturated heterocycles. The predicted octanol–water partition coefficient (Wildman–Crippen LogP) is 2.58. The predicted molar refractivity (Wildman–Crippen MR) is 104 cm³/mol. The quantitative estimate of drug-likeness (QED) is 0.534. The molecule has 1 unspecified atom stereocenters. The van der Waals surface area contributed by atoms with Crippen molar-refractivity contribution in [3.63, 3.8) is 0 Å². The zero-order valence-electron chi connectivity index (χ0n) is 15.6. The number of aryl methyl sites for hydroxylation is 2. The normalized spacial score (nSPS) is 13.0. The first kappa shape index (κ1) is 18.6. The number of aromatic nitrogens is 4. The molecule has 1 aromatic heterocycles. The van der Waals surface area contributed by atoms with E-state index in [0.717, 1.165) is 17.7 Å². The number of H-pyrrole nitrogens is 1. The highest BCUT2D eigenvalue weighted by atomic mass is 16.2. The second-order valence-electron chi connectivity index (χ2n) is 6.67. The zero-order chi connectivity index (χ0) is 19.1. The van der Waals surface area contributed by atoms with Crippen molar-refractivity contribution in [2.75, 3.05) is 11.9 Å². The third-order valence-corrected chi connectivity index (χ3v) is 4.50. The van der Waals surface area contributed by atoms with E-state index in [1.165, 1.54) is 5.56 Å². The fourth-order valence-corrected chi connectivity index (χ4v) is 2.87. The zero-order valence-corrected chi connectivity index (χ0v) is 15.6. The highest BCUT2D eigenvalue weighted by Gasteiger charge is 2.34. The van der Waals surface area contributed by atoms with Crippen LogP contribution in [0, 0.1) is 6.92 Å². The molecule has 0 saturated carbocycles. The van der Waals surface area contributed by atoms with E-state index in [0.29, 0.717) is 18.8 Å². The average Bonchev–Trinajstić information content (AvgIpc) is 3.21. The molecule has 1 atom stereocenters. The van der Waals surface area contributed by atoms with Crippen molar-refractivity contribution in [2.24, 2.45) is 0 Å². The Labute approximate surface area is 158 Å². The van der Waals surface area contributed by atoms with Gasteiger partial charge in [-0.15, -0.1) is 10.2 Å². The number of benzene rings is 2. The molecule has 0 bridgehead atoms. The van der Waals surface area contributed by atoms with Crippen molar-refractivity contribution in [2.45, 2.75) is 32.2 Å². The first-order valence-corrected chi connectivity index (χ1v) is 8.99. The molecule has 3 aromatic rings. The molecule has 0 spiro atoms.